The van der Waals surface area contributed by atoms with Gasteiger partial charge in [0.25, 0.3) is 0 Å². The third kappa shape index (κ3) is 3.15. The molecular formula is C20H23N5O. The Hall–Kier alpha value is -2.86. The summed E-state index contributed by atoms with van der Waals surface area (Å²) in [6.45, 7) is 1.58. The molecule has 1 aliphatic rings. The van der Waals surface area contributed by atoms with Gasteiger partial charge in [-0.2, -0.15) is 0 Å². The number of anilines is 1. The van der Waals surface area contributed by atoms with Gasteiger partial charge in [0, 0.05) is 30.5 Å². The van der Waals surface area contributed by atoms with E-state index in [1.165, 1.54) is 0 Å². The Morgan fingerprint density at radius 1 is 1.15 bits per heavy atom. The summed E-state index contributed by atoms with van der Waals surface area (Å²) in [4.78, 5) is 20.9. The maximum Gasteiger partial charge on any atom is 0.321 e. The minimum Gasteiger partial charge on any atom is -0.323 e. The molecule has 2 aromatic carbocycles. The highest BCUT2D eigenvalue weighted by atomic mass is 16.2. The fraction of sp³-hybridized carbons (Fsp3) is 0.300. The number of urea groups is 1. The Balaban J connectivity index is 1.46. The van der Waals surface area contributed by atoms with Crippen LogP contribution in [0.3, 0.4) is 0 Å². The number of fused-ring (bicyclic) bond motifs is 1. The number of rotatable bonds is 3. The Morgan fingerprint density at radius 2 is 1.92 bits per heavy atom. The van der Waals surface area contributed by atoms with Gasteiger partial charge in [-0.05, 0) is 56.9 Å². The summed E-state index contributed by atoms with van der Waals surface area (Å²) < 4.78 is 2.04. The maximum atomic E-state index is 12.5. The number of benzene rings is 2. The average molecular weight is 349 g/mol. The molecule has 1 unspecified atom stereocenters. The predicted octanol–water partition coefficient (Wildman–Crippen LogP) is 3.19. The van der Waals surface area contributed by atoms with Crippen molar-refractivity contribution in [2.45, 2.75) is 12.5 Å². The molecule has 1 atom stereocenters. The molecule has 4 rings (SSSR count). The summed E-state index contributed by atoms with van der Waals surface area (Å²) in [5.41, 5.74) is 3.85. The van der Waals surface area contributed by atoms with Crippen molar-refractivity contribution >= 4 is 22.8 Å². The molecule has 0 aliphatic carbocycles. The lowest BCUT2D eigenvalue weighted by molar-refractivity contribution is 0.216. The lowest BCUT2D eigenvalue weighted by atomic mass is 10.2. The van der Waals surface area contributed by atoms with Crippen LogP contribution in [-0.4, -0.2) is 58.6 Å². The first kappa shape index (κ1) is 16.6. The third-order valence-corrected chi connectivity index (χ3v) is 5.03. The van der Waals surface area contributed by atoms with E-state index < -0.39 is 0 Å². The maximum absolute atomic E-state index is 12.5. The van der Waals surface area contributed by atoms with Crippen molar-refractivity contribution in [3.63, 3.8) is 0 Å². The van der Waals surface area contributed by atoms with Gasteiger partial charge in [-0.15, -0.1) is 0 Å². The topological polar surface area (TPSA) is 53.4 Å². The highest BCUT2D eigenvalue weighted by Gasteiger charge is 2.27. The number of carbonyl (C=O) groups is 1. The number of imidazole rings is 1. The largest absolute Gasteiger partial charge is 0.323 e. The Morgan fingerprint density at radius 3 is 2.65 bits per heavy atom. The van der Waals surface area contributed by atoms with Crippen LogP contribution in [0.25, 0.3) is 16.7 Å². The average Bonchev–Trinajstić information content (AvgIpc) is 3.30. The predicted molar refractivity (Wildman–Crippen MR) is 104 cm³/mol. The van der Waals surface area contributed by atoms with Crippen LogP contribution in [-0.2, 0) is 0 Å². The number of carbonyl (C=O) groups excluding carboxylic acids is 1. The smallest absolute Gasteiger partial charge is 0.321 e. The van der Waals surface area contributed by atoms with Gasteiger partial charge in [0.1, 0.15) is 6.33 Å². The second-order valence-electron chi connectivity index (χ2n) is 6.93. The van der Waals surface area contributed by atoms with Crippen LogP contribution >= 0.6 is 0 Å². The molecule has 1 aromatic heterocycles. The Bertz CT molecular complexity index is 915. The number of likely N-dealkylation sites (tertiary alicyclic amines) is 1. The summed E-state index contributed by atoms with van der Waals surface area (Å²) in [5.74, 6) is 0. The summed E-state index contributed by atoms with van der Waals surface area (Å²) in [6.07, 6.45) is 2.84. The number of nitrogens with one attached hydrogen (secondary N) is 1. The first-order chi connectivity index (χ1) is 12.6. The zero-order valence-electron chi connectivity index (χ0n) is 15.1. The number of nitrogens with zero attached hydrogens (tertiary/aromatic N) is 4. The molecule has 1 aliphatic heterocycles. The van der Waals surface area contributed by atoms with Gasteiger partial charge < -0.3 is 15.1 Å². The van der Waals surface area contributed by atoms with E-state index in [2.05, 4.69) is 29.3 Å². The van der Waals surface area contributed by atoms with E-state index in [9.17, 15) is 4.79 Å². The second-order valence-corrected chi connectivity index (χ2v) is 6.93. The number of likely N-dealkylation sites (N-methyl/N-ethyl adjacent to an activating group) is 1. The van der Waals surface area contributed by atoms with Crippen molar-refractivity contribution in [1.29, 1.82) is 0 Å². The normalized spacial score (nSPS) is 17.2. The van der Waals surface area contributed by atoms with Crippen LogP contribution in [0.4, 0.5) is 10.5 Å². The van der Waals surface area contributed by atoms with Crippen LogP contribution in [0.15, 0.2) is 54.9 Å². The van der Waals surface area contributed by atoms with Crippen LogP contribution in [0.5, 0.6) is 0 Å². The Labute approximate surface area is 153 Å². The molecule has 134 valence electrons. The number of aromatic nitrogens is 2. The van der Waals surface area contributed by atoms with Gasteiger partial charge >= 0.3 is 6.03 Å². The van der Waals surface area contributed by atoms with Gasteiger partial charge in [-0.3, -0.25) is 4.57 Å². The van der Waals surface area contributed by atoms with E-state index in [1.807, 2.05) is 64.3 Å². The van der Waals surface area contributed by atoms with E-state index in [1.54, 1.807) is 0 Å². The van der Waals surface area contributed by atoms with Gasteiger partial charge in [0.2, 0.25) is 0 Å². The van der Waals surface area contributed by atoms with E-state index in [0.717, 1.165) is 41.9 Å². The van der Waals surface area contributed by atoms with Crippen molar-refractivity contribution in [1.82, 2.24) is 19.4 Å². The molecule has 1 N–H and O–H groups in total. The molecule has 26 heavy (non-hydrogen) atoms. The van der Waals surface area contributed by atoms with E-state index in [0.29, 0.717) is 6.04 Å². The molecule has 6 heteroatoms. The molecule has 3 aromatic rings. The first-order valence-electron chi connectivity index (χ1n) is 8.87. The second kappa shape index (κ2) is 6.80. The summed E-state index contributed by atoms with van der Waals surface area (Å²) in [5, 5.41) is 3.00. The minimum absolute atomic E-state index is 0.0322. The summed E-state index contributed by atoms with van der Waals surface area (Å²) in [6, 6.07) is 16.3. The van der Waals surface area contributed by atoms with Crippen molar-refractivity contribution < 1.29 is 4.79 Å². The molecule has 2 heterocycles. The number of hydrogen-bond acceptors (Lipinski definition) is 3. The molecule has 1 fully saturated rings. The zero-order chi connectivity index (χ0) is 18.1. The molecule has 0 bridgehead atoms. The first-order valence-corrected chi connectivity index (χ1v) is 8.87. The molecule has 1 saturated heterocycles. The number of para-hydroxylation sites is 2. The summed E-state index contributed by atoms with van der Waals surface area (Å²) in [7, 11) is 4.12. The minimum atomic E-state index is -0.0322. The van der Waals surface area contributed by atoms with E-state index in [-0.39, 0.29) is 6.03 Å². The zero-order valence-corrected chi connectivity index (χ0v) is 15.1. The van der Waals surface area contributed by atoms with Crippen molar-refractivity contribution in [2.75, 3.05) is 32.5 Å². The van der Waals surface area contributed by atoms with Crippen LogP contribution in [0.2, 0.25) is 0 Å². The van der Waals surface area contributed by atoms with Crippen molar-refractivity contribution in [3.05, 3.63) is 54.9 Å². The SMILES string of the molecule is CN(C)C1CCN(C(=O)Nc2ccc(-n3cnc4ccccc43)cc2)C1. The monoisotopic (exact) mass is 349 g/mol. The Kier molecular flexibility index (Phi) is 4.34. The van der Waals surface area contributed by atoms with E-state index in [4.69, 9.17) is 0 Å². The molecule has 0 spiro atoms. The van der Waals surface area contributed by atoms with Gasteiger partial charge in [-0.25, -0.2) is 9.78 Å². The fourth-order valence-corrected chi connectivity index (χ4v) is 3.42. The van der Waals surface area contributed by atoms with Crippen LogP contribution in [0.1, 0.15) is 6.42 Å². The standard InChI is InChI=1S/C20H23N5O/c1-23(2)17-11-12-24(13-17)20(26)22-15-7-9-16(10-8-15)25-14-21-18-5-3-4-6-19(18)25/h3-10,14,17H,11-13H2,1-2H3,(H,22,26). The highest BCUT2D eigenvalue weighted by Crippen LogP contribution is 2.20. The number of amides is 2. The molecule has 0 saturated carbocycles. The van der Waals surface area contributed by atoms with Gasteiger partial charge in [-0.1, -0.05) is 12.1 Å². The molecule has 6 nitrogen and oxygen atoms in total. The molecule has 0 radical (unpaired) electrons. The van der Waals surface area contributed by atoms with Gasteiger partial charge in [0.05, 0.1) is 11.0 Å². The molecular weight excluding hydrogens is 326 g/mol. The van der Waals surface area contributed by atoms with Gasteiger partial charge in [0.15, 0.2) is 0 Å². The van der Waals surface area contributed by atoms with E-state index >= 15 is 0 Å². The lowest BCUT2D eigenvalue weighted by Crippen LogP contribution is -2.36. The fourth-order valence-electron chi connectivity index (χ4n) is 3.42. The molecule has 2 amide bonds. The summed E-state index contributed by atoms with van der Waals surface area (Å²) >= 11 is 0. The van der Waals surface area contributed by atoms with Crippen LogP contribution < -0.4 is 5.32 Å². The number of hydrogen-bond donors (Lipinski definition) is 1. The highest BCUT2D eigenvalue weighted by molar-refractivity contribution is 5.89. The van der Waals surface area contributed by atoms with Crippen LogP contribution in [0, 0.1) is 0 Å². The van der Waals surface area contributed by atoms with Crippen molar-refractivity contribution in [3.8, 4) is 5.69 Å². The quantitative estimate of drug-likeness (QED) is 0.790. The lowest BCUT2D eigenvalue weighted by Gasteiger charge is -2.20. The van der Waals surface area contributed by atoms with Crippen molar-refractivity contribution in [2.24, 2.45) is 0 Å². The third-order valence-electron chi connectivity index (χ3n) is 5.03.